The Labute approximate surface area is 137 Å². The molecule has 23 heavy (non-hydrogen) atoms. The molecular formula is C19H23NO3. The maximum Gasteiger partial charge on any atom is 0.257 e. The number of ether oxygens (including phenoxy) is 2. The first kappa shape index (κ1) is 17.0. The lowest BCUT2D eigenvalue weighted by Crippen LogP contribution is -2.30. The van der Waals surface area contributed by atoms with Crippen LogP contribution in [0.5, 0.6) is 5.75 Å². The summed E-state index contributed by atoms with van der Waals surface area (Å²) in [5.74, 6) is 0.572. The molecule has 1 amide bonds. The van der Waals surface area contributed by atoms with Gasteiger partial charge >= 0.3 is 0 Å². The second-order valence-electron chi connectivity index (χ2n) is 5.08. The molecule has 1 N–H and O–H groups in total. The van der Waals surface area contributed by atoms with E-state index in [-0.39, 0.29) is 12.5 Å². The van der Waals surface area contributed by atoms with Crippen LogP contribution in [-0.2, 0) is 9.53 Å². The van der Waals surface area contributed by atoms with E-state index >= 15 is 0 Å². The van der Waals surface area contributed by atoms with Crippen LogP contribution >= 0.6 is 0 Å². The average molecular weight is 313 g/mol. The molecule has 0 saturated carbocycles. The van der Waals surface area contributed by atoms with Gasteiger partial charge in [-0.3, -0.25) is 4.79 Å². The number of hydrogen-bond acceptors (Lipinski definition) is 3. The SMILES string of the molecule is CCOCCCNC(=O)COc1ccc(-c2ccccc2)cc1. The van der Waals surface area contributed by atoms with Crippen molar-refractivity contribution in [2.24, 2.45) is 0 Å². The van der Waals surface area contributed by atoms with Gasteiger partial charge in [-0.1, -0.05) is 42.5 Å². The summed E-state index contributed by atoms with van der Waals surface area (Å²) < 4.78 is 10.7. The molecule has 0 spiro atoms. The fraction of sp³-hybridized carbons (Fsp3) is 0.316. The Morgan fingerprint density at radius 2 is 1.70 bits per heavy atom. The quantitative estimate of drug-likeness (QED) is 0.723. The largest absolute Gasteiger partial charge is 0.484 e. The van der Waals surface area contributed by atoms with Crippen molar-refractivity contribution in [1.29, 1.82) is 0 Å². The van der Waals surface area contributed by atoms with Gasteiger partial charge in [0.1, 0.15) is 5.75 Å². The molecule has 0 aliphatic rings. The van der Waals surface area contributed by atoms with E-state index in [9.17, 15) is 4.79 Å². The third-order valence-corrected chi connectivity index (χ3v) is 3.32. The fourth-order valence-corrected chi connectivity index (χ4v) is 2.12. The van der Waals surface area contributed by atoms with Gasteiger partial charge in [-0.15, -0.1) is 0 Å². The van der Waals surface area contributed by atoms with Crippen LogP contribution in [0.4, 0.5) is 0 Å². The molecule has 0 unspecified atom stereocenters. The zero-order valence-electron chi connectivity index (χ0n) is 13.5. The predicted octanol–water partition coefficient (Wildman–Crippen LogP) is 3.28. The lowest BCUT2D eigenvalue weighted by molar-refractivity contribution is -0.123. The molecule has 0 saturated heterocycles. The maximum absolute atomic E-state index is 11.7. The van der Waals surface area contributed by atoms with E-state index < -0.39 is 0 Å². The molecular weight excluding hydrogens is 290 g/mol. The topological polar surface area (TPSA) is 47.6 Å². The van der Waals surface area contributed by atoms with Crippen molar-refractivity contribution in [3.05, 3.63) is 54.6 Å². The molecule has 0 heterocycles. The van der Waals surface area contributed by atoms with Gasteiger partial charge in [0.05, 0.1) is 0 Å². The lowest BCUT2D eigenvalue weighted by Gasteiger charge is -2.08. The van der Waals surface area contributed by atoms with E-state index in [0.29, 0.717) is 25.5 Å². The van der Waals surface area contributed by atoms with Crippen molar-refractivity contribution in [3.63, 3.8) is 0 Å². The minimum absolute atomic E-state index is 0.0271. The second kappa shape index (κ2) is 9.64. The van der Waals surface area contributed by atoms with Gasteiger partial charge in [0.15, 0.2) is 6.61 Å². The Balaban J connectivity index is 1.73. The van der Waals surface area contributed by atoms with Crippen LogP contribution < -0.4 is 10.1 Å². The Hall–Kier alpha value is -2.33. The second-order valence-corrected chi connectivity index (χ2v) is 5.08. The molecule has 2 aromatic rings. The Kier molecular flexibility index (Phi) is 7.14. The summed E-state index contributed by atoms with van der Waals surface area (Å²) >= 11 is 0. The summed E-state index contributed by atoms with van der Waals surface area (Å²) in [5, 5.41) is 2.81. The van der Waals surface area contributed by atoms with Crippen molar-refractivity contribution in [3.8, 4) is 16.9 Å². The highest BCUT2D eigenvalue weighted by Crippen LogP contribution is 2.21. The molecule has 4 nitrogen and oxygen atoms in total. The third kappa shape index (κ3) is 6.12. The number of carbonyl (C=O) groups excluding carboxylic acids is 1. The van der Waals surface area contributed by atoms with Gasteiger partial charge in [-0.05, 0) is 36.6 Å². The summed E-state index contributed by atoms with van der Waals surface area (Å²) in [4.78, 5) is 11.7. The first-order valence-electron chi connectivity index (χ1n) is 7.92. The summed E-state index contributed by atoms with van der Waals surface area (Å²) in [6.07, 6.45) is 0.811. The Bertz CT molecular complexity index is 581. The molecule has 0 aromatic heterocycles. The van der Waals surface area contributed by atoms with Gasteiger partial charge in [0.25, 0.3) is 5.91 Å². The van der Waals surface area contributed by atoms with Gasteiger partial charge in [-0.2, -0.15) is 0 Å². The first-order valence-corrected chi connectivity index (χ1v) is 7.92. The van der Waals surface area contributed by atoms with E-state index in [4.69, 9.17) is 9.47 Å². The molecule has 0 aliphatic carbocycles. The highest BCUT2D eigenvalue weighted by Gasteiger charge is 2.03. The number of benzene rings is 2. The highest BCUT2D eigenvalue weighted by molar-refractivity contribution is 5.77. The smallest absolute Gasteiger partial charge is 0.257 e. The Morgan fingerprint density at radius 1 is 1.00 bits per heavy atom. The Morgan fingerprint density at radius 3 is 2.39 bits per heavy atom. The van der Waals surface area contributed by atoms with Crippen LogP contribution in [0.2, 0.25) is 0 Å². The van der Waals surface area contributed by atoms with Crippen molar-refractivity contribution in [1.82, 2.24) is 5.32 Å². The number of nitrogens with one attached hydrogen (secondary N) is 1. The summed E-state index contributed by atoms with van der Waals surface area (Å²) in [6, 6.07) is 17.9. The van der Waals surface area contributed by atoms with Crippen molar-refractivity contribution in [2.45, 2.75) is 13.3 Å². The standard InChI is InChI=1S/C19H23NO3/c1-2-22-14-6-13-20-19(21)15-23-18-11-9-17(10-12-18)16-7-4-3-5-8-16/h3-5,7-12H,2,6,13-15H2,1H3,(H,20,21). The van der Waals surface area contributed by atoms with Crippen LogP contribution in [0.15, 0.2) is 54.6 Å². The molecule has 2 rings (SSSR count). The molecule has 122 valence electrons. The van der Waals surface area contributed by atoms with Crippen LogP contribution in [0, 0.1) is 0 Å². The average Bonchev–Trinajstić information content (AvgIpc) is 2.61. The number of hydrogen-bond donors (Lipinski definition) is 1. The number of rotatable bonds is 9. The molecule has 0 bridgehead atoms. The predicted molar refractivity (Wildman–Crippen MR) is 91.5 cm³/mol. The first-order chi connectivity index (χ1) is 11.3. The van der Waals surface area contributed by atoms with Crippen molar-refractivity contribution in [2.75, 3.05) is 26.4 Å². The van der Waals surface area contributed by atoms with Crippen molar-refractivity contribution >= 4 is 5.91 Å². The molecule has 0 fully saturated rings. The highest BCUT2D eigenvalue weighted by atomic mass is 16.5. The minimum Gasteiger partial charge on any atom is -0.484 e. The third-order valence-electron chi connectivity index (χ3n) is 3.32. The van der Waals surface area contributed by atoms with E-state index in [1.54, 1.807) is 0 Å². The van der Waals surface area contributed by atoms with Crippen LogP contribution in [-0.4, -0.2) is 32.3 Å². The monoisotopic (exact) mass is 313 g/mol. The molecule has 4 heteroatoms. The van der Waals surface area contributed by atoms with Gasteiger partial charge < -0.3 is 14.8 Å². The zero-order chi connectivity index (χ0) is 16.3. The van der Waals surface area contributed by atoms with E-state index in [1.165, 1.54) is 0 Å². The van der Waals surface area contributed by atoms with Gasteiger partial charge in [0, 0.05) is 19.8 Å². The van der Waals surface area contributed by atoms with Crippen LogP contribution in [0.25, 0.3) is 11.1 Å². The summed E-state index contributed by atoms with van der Waals surface area (Å²) in [7, 11) is 0. The lowest BCUT2D eigenvalue weighted by atomic mass is 10.1. The normalized spacial score (nSPS) is 10.3. The maximum atomic E-state index is 11.7. The molecule has 0 radical (unpaired) electrons. The van der Waals surface area contributed by atoms with Crippen LogP contribution in [0.1, 0.15) is 13.3 Å². The van der Waals surface area contributed by atoms with Crippen molar-refractivity contribution < 1.29 is 14.3 Å². The molecule has 0 aliphatic heterocycles. The van der Waals surface area contributed by atoms with Gasteiger partial charge in [0.2, 0.25) is 0 Å². The van der Waals surface area contributed by atoms with Gasteiger partial charge in [-0.25, -0.2) is 0 Å². The molecule has 2 aromatic carbocycles. The molecule has 0 atom stereocenters. The summed E-state index contributed by atoms with van der Waals surface area (Å²) in [5.41, 5.74) is 2.28. The van der Waals surface area contributed by atoms with E-state index in [2.05, 4.69) is 17.4 Å². The van der Waals surface area contributed by atoms with E-state index in [1.807, 2.05) is 49.4 Å². The zero-order valence-corrected chi connectivity index (χ0v) is 13.5. The fourth-order valence-electron chi connectivity index (χ4n) is 2.12. The summed E-state index contributed by atoms with van der Waals surface area (Å²) in [6.45, 7) is 3.96. The van der Waals surface area contributed by atoms with E-state index in [0.717, 1.165) is 17.5 Å². The van der Waals surface area contributed by atoms with Crippen LogP contribution in [0.3, 0.4) is 0 Å². The number of carbonyl (C=O) groups is 1. The minimum atomic E-state index is -0.117. The number of amides is 1.